The summed E-state index contributed by atoms with van der Waals surface area (Å²) < 4.78 is 51.7. The standard InChI is InChI=1S/5C22H24O4.B.2Y/c5*1-14(6-8-17-10-15(2)21(23)19(12-17)25-4)7-9-18-11-16(3)22(24)20(13-18)26-5;;;/h5*6-13,23-24H,1H2,2-5H3;;;/b5*8-6+,9-7+;;;. The van der Waals surface area contributed by atoms with Crippen LogP contribution in [0.5, 0.6) is 115 Å². The van der Waals surface area contributed by atoms with Gasteiger partial charge in [-0.2, -0.15) is 0 Å². The average molecular weight is 1950 g/mol. The number of phenolic OH excluding ortho intramolecular Hbond substituents is 10. The Morgan fingerprint density at radius 3 is 0.316 bits per heavy atom. The number of methoxy groups -OCH3 is 10. The minimum atomic E-state index is 0. The predicted molar refractivity (Wildman–Crippen MR) is 536 cm³/mol. The molecular weight excluding hydrogens is 1830 g/mol. The molecule has 0 aliphatic heterocycles. The molecule has 0 aromatic heterocycles. The summed E-state index contributed by atoms with van der Waals surface area (Å²) in [6.07, 6.45) is 37.9. The number of allylic oxidation sites excluding steroid dienone is 15. The van der Waals surface area contributed by atoms with Crippen LogP contribution in [0.25, 0.3) is 60.8 Å². The van der Waals surface area contributed by atoms with Gasteiger partial charge in [-0.15, -0.1) is 0 Å². The zero-order valence-corrected chi connectivity index (χ0v) is 85.1. The summed E-state index contributed by atoms with van der Waals surface area (Å²) >= 11 is 0. The first-order chi connectivity index (χ1) is 61.7. The number of rotatable bonds is 30. The summed E-state index contributed by atoms with van der Waals surface area (Å²) in [6.45, 7) is 38.3. The van der Waals surface area contributed by atoms with E-state index in [1.54, 1.807) is 60.7 Å². The maximum Gasteiger partial charge on any atom is 0.161 e. The minimum absolute atomic E-state index is 0. The molecule has 0 fully saturated rings. The Morgan fingerprint density at radius 1 is 0.173 bits per heavy atom. The van der Waals surface area contributed by atoms with Crippen LogP contribution in [-0.4, -0.2) is 131 Å². The van der Waals surface area contributed by atoms with Crippen molar-refractivity contribution in [1.29, 1.82) is 0 Å². The first kappa shape index (κ1) is 114. The van der Waals surface area contributed by atoms with E-state index in [4.69, 9.17) is 47.4 Å². The molecule has 0 atom stereocenters. The van der Waals surface area contributed by atoms with Crippen LogP contribution < -0.4 is 47.4 Å². The summed E-state index contributed by atoms with van der Waals surface area (Å²) in [7, 11) is 15.3. The third-order valence-corrected chi connectivity index (χ3v) is 20.0. The Balaban J connectivity index is 0.000000426. The van der Waals surface area contributed by atoms with Gasteiger partial charge in [-0.1, -0.05) is 154 Å². The van der Waals surface area contributed by atoms with Gasteiger partial charge in [-0.25, -0.2) is 0 Å². The number of phenols is 10. The predicted octanol–water partition coefficient (Wildman–Crippen LogP) is 24.7. The largest absolute Gasteiger partial charge is 0.504 e. The Kier molecular flexibility index (Phi) is 47.6. The summed E-state index contributed by atoms with van der Waals surface area (Å²) in [5, 5.41) is 98.9. The fourth-order valence-corrected chi connectivity index (χ4v) is 12.6. The van der Waals surface area contributed by atoms with Crippen molar-refractivity contribution in [2.75, 3.05) is 71.1 Å². The Bertz CT molecular complexity index is 4900. The van der Waals surface area contributed by atoms with Gasteiger partial charge in [0, 0.05) is 73.8 Å². The van der Waals surface area contributed by atoms with E-state index in [1.165, 1.54) is 71.1 Å². The molecule has 0 aliphatic rings. The molecule has 133 heavy (non-hydrogen) atoms. The van der Waals surface area contributed by atoms with E-state index in [1.807, 2.05) is 251 Å². The zero-order valence-electron chi connectivity index (χ0n) is 79.4. The summed E-state index contributed by atoms with van der Waals surface area (Å²) in [4.78, 5) is 0. The molecule has 10 N–H and O–H groups in total. The normalized spacial score (nSPS) is 11.0. The Hall–Kier alpha value is -13.4. The van der Waals surface area contributed by atoms with Crippen LogP contribution >= 0.6 is 0 Å². The zero-order chi connectivity index (χ0) is 96.3. The van der Waals surface area contributed by atoms with E-state index in [0.717, 1.165) is 139 Å². The molecule has 0 saturated carbocycles. The number of ether oxygens (including phenoxy) is 10. The number of hydrogen-bond donors (Lipinski definition) is 10. The van der Waals surface area contributed by atoms with Crippen molar-refractivity contribution >= 4 is 69.2 Å². The maximum absolute atomic E-state index is 9.89. The Labute approximate surface area is 835 Å². The first-order valence-corrected chi connectivity index (χ1v) is 40.8. The maximum atomic E-state index is 9.89. The molecule has 0 saturated heterocycles. The molecule has 0 bridgehead atoms. The number of hydrogen-bond acceptors (Lipinski definition) is 20. The second-order valence-electron chi connectivity index (χ2n) is 30.1. The molecular formula is C110H120BO20Y2. The molecule has 0 aliphatic carbocycles. The van der Waals surface area contributed by atoms with E-state index >= 15 is 0 Å². The van der Waals surface area contributed by atoms with E-state index in [2.05, 4.69) is 32.9 Å². The smallest absolute Gasteiger partial charge is 0.161 e. The third-order valence-electron chi connectivity index (χ3n) is 20.0. The molecule has 10 aromatic carbocycles. The molecule has 23 heteroatoms. The molecule has 0 spiro atoms. The van der Waals surface area contributed by atoms with Crippen LogP contribution in [0.4, 0.5) is 0 Å². The van der Waals surface area contributed by atoms with Crippen LogP contribution in [0.15, 0.2) is 243 Å². The summed E-state index contributed by atoms with van der Waals surface area (Å²) in [5.41, 5.74) is 20.6. The van der Waals surface area contributed by atoms with Gasteiger partial charge in [0.15, 0.2) is 115 Å². The van der Waals surface area contributed by atoms with Gasteiger partial charge in [-0.3, -0.25) is 0 Å². The van der Waals surface area contributed by atoms with Gasteiger partial charge in [0.25, 0.3) is 0 Å². The minimum Gasteiger partial charge on any atom is -0.504 e. The van der Waals surface area contributed by atoms with Crippen molar-refractivity contribution in [2.24, 2.45) is 0 Å². The van der Waals surface area contributed by atoms with E-state index in [-0.39, 0.29) is 131 Å². The van der Waals surface area contributed by atoms with Crippen LogP contribution in [0.3, 0.4) is 0 Å². The fourth-order valence-electron chi connectivity index (χ4n) is 12.6. The Morgan fingerprint density at radius 2 is 0.248 bits per heavy atom. The molecule has 5 radical (unpaired) electrons. The van der Waals surface area contributed by atoms with Crippen LogP contribution in [-0.2, 0) is 65.4 Å². The summed E-state index contributed by atoms with van der Waals surface area (Å²) in [6, 6.07) is 36.4. The van der Waals surface area contributed by atoms with Crippen molar-refractivity contribution in [2.45, 2.75) is 69.2 Å². The third kappa shape index (κ3) is 34.4. The van der Waals surface area contributed by atoms with Gasteiger partial charge in [0.2, 0.25) is 0 Å². The summed E-state index contributed by atoms with van der Waals surface area (Å²) in [5.74, 6) is 5.95. The van der Waals surface area contributed by atoms with Crippen molar-refractivity contribution in [1.82, 2.24) is 0 Å². The van der Waals surface area contributed by atoms with E-state index in [0.29, 0.717) is 57.5 Å². The van der Waals surface area contributed by atoms with Gasteiger partial charge in [0.05, 0.1) is 71.1 Å². The average Bonchev–Trinajstić information content (AvgIpc) is 0.884. The molecule has 20 nitrogen and oxygen atoms in total. The SMILES string of the molecule is C=C(/C=C/c1cc(C)c(O)c(OC)c1)/C=C/c1cc(C)c(O)c(OC)c1.C=C(/C=C/c1cc(C)c(O)c(OC)c1)/C=C/c1cc(C)c(O)c(OC)c1.C=C(/C=C/c1cc(C)c(O)c(OC)c1)/C=C/c1cc(C)c(O)c(OC)c1.C=C(/C=C/c1cc(C)c(O)c(OC)c1)/C=C/c1cc(C)c(O)c(OC)c1.C=C(/C=C/c1cc(C)c(O)c(OC)c1)/C=C/c1cc(C)c(O)c(OC)c1.[B].[Y].[Y]. The van der Waals surface area contributed by atoms with Gasteiger partial charge < -0.3 is 98.4 Å². The topological polar surface area (TPSA) is 295 Å². The fraction of sp³-hybridized carbons (Fsp3) is 0.182. The monoisotopic (exact) mass is 1950 g/mol. The van der Waals surface area contributed by atoms with Gasteiger partial charge >= 0.3 is 0 Å². The van der Waals surface area contributed by atoms with E-state index < -0.39 is 0 Å². The van der Waals surface area contributed by atoms with Crippen molar-refractivity contribution in [3.8, 4) is 115 Å². The molecule has 0 heterocycles. The van der Waals surface area contributed by atoms with Crippen LogP contribution in [0, 0.1) is 69.2 Å². The number of aromatic hydroxyl groups is 10. The van der Waals surface area contributed by atoms with Crippen molar-refractivity contribution in [3.05, 3.63) is 354 Å². The molecule has 10 aromatic rings. The van der Waals surface area contributed by atoms with Gasteiger partial charge in [0.1, 0.15) is 0 Å². The number of benzene rings is 10. The van der Waals surface area contributed by atoms with Crippen molar-refractivity contribution < 1.29 is 164 Å². The van der Waals surface area contributed by atoms with Crippen LogP contribution in [0.2, 0.25) is 0 Å². The van der Waals surface area contributed by atoms with Gasteiger partial charge in [-0.05, 0) is 330 Å². The molecule has 0 amide bonds. The van der Waals surface area contributed by atoms with E-state index in [9.17, 15) is 51.1 Å². The molecule has 10 rings (SSSR count). The quantitative estimate of drug-likeness (QED) is 0.0148. The first-order valence-electron chi connectivity index (χ1n) is 40.8. The molecule has 0 unspecified atom stereocenters. The second kappa shape index (κ2) is 55.7. The number of aryl methyl sites for hydroxylation is 10. The van der Waals surface area contributed by atoms with Crippen molar-refractivity contribution in [3.63, 3.8) is 0 Å². The van der Waals surface area contributed by atoms with Crippen LogP contribution in [0.1, 0.15) is 111 Å². The molecule has 689 valence electrons. The second-order valence-corrected chi connectivity index (χ2v) is 30.1.